The van der Waals surface area contributed by atoms with Crippen molar-refractivity contribution in [3.8, 4) is 17.6 Å². The van der Waals surface area contributed by atoms with E-state index in [0.29, 0.717) is 0 Å². The van der Waals surface area contributed by atoms with E-state index >= 15 is 0 Å². The maximum Gasteiger partial charge on any atom is 0.186 e. The number of ether oxygens (including phenoxy) is 2. The van der Waals surface area contributed by atoms with Crippen LogP contribution in [0.15, 0.2) is 6.07 Å². The molecular formula is C11H11F2NO2. The average Bonchev–Trinajstić information content (AvgIpc) is 2.26. The topological polar surface area (TPSA) is 42.2 Å². The van der Waals surface area contributed by atoms with Crippen LogP contribution >= 0.6 is 0 Å². The lowest BCUT2D eigenvalue weighted by Crippen LogP contribution is -2.03. The Labute approximate surface area is 92.2 Å². The Morgan fingerprint density at radius 3 is 1.88 bits per heavy atom. The number of nitriles is 1. The van der Waals surface area contributed by atoms with Gasteiger partial charge in [0.05, 0.1) is 13.2 Å². The van der Waals surface area contributed by atoms with Gasteiger partial charge in [0.2, 0.25) is 0 Å². The van der Waals surface area contributed by atoms with Crippen molar-refractivity contribution in [1.82, 2.24) is 0 Å². The first-order valence-corrected chi connectivity index (χ1v) is 4.83. The maximum atomic E-state index is 13.5. The minimum absolute atomic E-state index is 0.177. The lowest BCUT2D eigenvalue weighted by Gasteiger charge is -2.10. The lowest BCUT2D eigenvalue weighted by molar-refractivity contribution is 0.298. The Bertz CT molecular complexity index is 397. The predicted octanol–water partition coefficient (Wildman–Crippen LogP) is 2.63. The van der Waals surface area contributed by atoms with Crippen molar-refractivity contribution in [2.75, 3.05) is 13.2 Å². The molecule has 0 aliphatic rings. The van der Waals surface area contributed by atoms with Gasteiger partial charge < -0.3 is 9.47 Å². The molecule has 0 unspecified atom stereocenters. The number of rotatable bonds is 4. The van der Waals surface area contributed by atoms with E-state index in [-0.39, 0.29) is 24.7 Å². The van der Waals surface area contributed by atoms with E-state index in [2.05, 4.69) is 0 Å². The molecule has 0 spiro atoms. The minimum atomic E-state index is -0.995. The summed E-state index contributed by atoms with van der Waals surface area (Å²) in [6.07, 6.45) is 0. The van der Waals surface area contributed by atoms with Crippen molar-refractivity contribution >= 4 is 0 Å². The molecule has 0 saturated carbocycles. The van der Waals surface area contributed by atoms with Gasteiger partial charge in [-0.25, -0.2) is 8.78 Å². The Balaban J connectivity index is 3.32. The van der Waals surface area contributed by atoms with Crippen molar-refractivity contribution in [2.24, 2.45) is 0 Å². The summed E-state index contributed by atoms with van der Waals surface area (Å²) in [6.45, 7) is 3.77. The van der Waals surface area contributed by atoms with Gasteiger partial charge in [0.1, 0.15) is 11.6 Å². The van der Waals surface area contributed by atoms with Crippen LogP contribution in [0, 0.1) is 23.0 Å². The third-order valence-corrected chi connectivity index (χ3v) is 1.85. The molecule has 3 nitrogen and oxygen atoms in total. The third kappa shape index (κ3) is 2.22. The molecule has 0 radical (unpaired) electrons. The van der Waals surface area contributed by atoms with E-state index in [4.69, 9.17) is 14.7 Å². The molecule has 0 amide bonds. The molecular weight excluding hydrogens is 216 g/mol. The van der Waals surface area contributed by atoms with Gasteiger partial charge in [0.25, 0.3) is 0 Å². The highest BCUT2D eigenvalue weighted by molar-refractivity contribution is 5.47. The van der Waals surface area contributed by atoms with Crippen molar-refractivity contribution in [1.29, 1.82) is 5.26 Å². The fourth-order valence-corrected chi connectivity index (χ4v) is 1.21. The van der Waals surface area contributed by atoms with Crippen molar-refractivity contribution < 1.29 is 18.3 Å². The number of nitrogens with zero attached hydrogens (tertiary/aromatic N) is 1. The zero-order valence-corrected chi connectivity index (χ0v) is 9.01. The van der Waals surface area contributed by atoms with E-state index in [1.807, 2.05) is 0 Å². The highest BCUT2D eigenvalue weighted by Gasteiger charge is 2.20. The van der Waals surface area contributed by atoms with Crippen LogP contribution in [0.2, 0.25) is 0 Å². The van der Waals surface area contributed by atoms with E-state index in [1.165, 1.54) is 6.07 Å². The molecule has 0 aliphatic heterocycles. The molecule has 0 bridgehead atoms. The van der Waals surface area contributed by atoms with Crippen LogP contribution in [0.25, 0.3) is 0 Å². The average molecular weight is 227 g/mol. The van der Waals surface area contributed by atoms with Gasteiger partial charge in [-0.1, -0.05) is 0 Å². The summed E-state index contributed by atoms with van der Waals surface area (Å²) in [7, 11) is 0. The molecule has 1 aromatic carbocycles. The van der Waals surface area contributed by atoms with Gasteiger partial charge >= 0.3 is 0 Å². The summed E-state index contributed by atoms with van der Waals surface area (Å²) in [5.74, 6) is -2.34. The minimum Gasteiger partial charge on any atom is -0.491 e. The maximum absolute atomic E-state index is 13.5. The highest BCUT2D eigenvalue weighted by Crippen LogP contribution is 2.31. The Morgan fingerprint density at radius 2 is 1.56 bits per heavy atom. The summed E-state index contributed by atoms with van der Waals surface area (Å²) in [4.78, 5) is 0. The van der Waals surface area contributed by atoms with Gasteiger partial charge in [0, 0.05) is 6.07 Å². The molecule has 86 valence electrons. The molecule has 0 N–H and O–H groups in total. The fraction of sp³-hybridized carbons (Fsp3) is 0.364. The summed E-state index contributed by atoms with van der Waals surface area (Å²) < 4.78 is 36.9. The van der Waals surface area contributed by atoms with E-state index < -0.39 is 17.2 Å². The van der Waals surface area contributed by atoms with E-state index in [0.717, 1.165) is 6.07 Å². The molecule has 0 aliphatic carbocycles. The van der Waals surface area contributed by atoms with Crippen LogP contribution in [-0.2, 0) is 0 Å². The van der Waals surface area contributed by atoms with Crippen molar-refractivity contribution in [2.45, 2.75) is 13.8 Å². The van der Waals surface area contributed by atoms with Crippen LogP contribution < -0.4 is 9.47 Å². The second-order valence-electron chi connectivity index (χ2n) is 2.85. The van der Waals surface area contributed by atoms with Crippen molar-refractivity contribution in [3.05, 3.63) is 23.3 Å². The highest BCUT2D eigenvalue weighted by atomic mass is 19.1. The lowest BCUT2D eigenvalue weighted by atomic mass is 10.2. The number of halogens is 2. The van der Waals surface area contributed by atoms with Gasteiger partial charge in [-0.2, -0.15) is 5.26 Å². The van der Waals surface area contributed by atoms with Crippen LogP contribution in [0.3, 0.4) is 0 Å². The largest absolute Gasteiger partial charge is 0.491 e. The Morgan fingerprint density at radius 1 is 1.12 bits per heavy atom. The molecule has 16 heavy (non-hydrogen) atoms. The molecule has 0 atom stereocenters. The quantitative estimate of drug-likeness (QED) is 0.794. The van der Waals surface area contributed by atoms with Gasteiger partial charge in [0.15, 0.2) is 23.1 Å². The first-order valence-electron chi connectivity index (χ1n) is 4.83. The van der Waals surface area contributed by atoms with E-state index in [9.17, 15) is 8.78 Å². The van der Waals surface area contributed by atoms with Crippen LogP contribution in [-0.4, -0.2) is 13.2 Å². The molecule has 1 rings (SSSR count). The second kappa shape index (κ2) is 5.31. The van der Waals surface area contributed by atoms with Crippen LogP contribution in [0.5, 0.6) is 11.5 Å². The third-order valence-electron chi connectivity index (χ3n) is 1.85. The standard InChI is InChI=1S/C11H11F2NO2/c1-3-15-8-5-9(16-4-2)11(13)7(6-14)10(8)12/h5H,3-4H2,1-2H3. The van der Waals surface area contributed by atoms with Crippen LogP contribution in [0.4, 0.5) is 8.78 Å². The first kappa shape index (κ1) is 12.2. The van der Waals surface area contributed by atoms with Gasteiger partial charge in [-0.05, 0) is 13.8 Å². The zero-order chi connectivity index (χ0) is 12.1. The van der Waals surface area contributed by atoms with Crippen LogP contribution in [0.1, 0.15) is 19.4 Å². The molecule has 0 fully saturated rings. The number of hydrogen-bond donors (Lipinski definition) is 0. The summed E-state index contributed by atoms with van der Waals surface area (Å²) in [5.41, 5.74) is -0.686. The molecule has 0 aromatic heterocycles. The molecule has 5 heteroatoms. The summed E-state index contributed by atoms with van der Waals surface area (Å²) in [5, 5.41) is 8.64. The first-order chi connectivity index (χ1) is 7.65. The van der Waals surface area contributed by atoms with Crippen molar-refractivity contribution in [3.63, 3.8) is 0 Å². The summed E-state index contributed by atoms with van der Waals surface area (Å²) >= 11 is 0. The monoisotopic (exact) mass is 227 g/mol. The SMILES string of the molecule is CCOc1cc(OCC)c(F)c(C#N)c1F. The van der Waals surface area contributed by atoms with E-state index in [1.54, 1.807) is 13.8 Å². The number of hydrogen-bond acceptors (Lipinski definition) is 3. The molecule has 0 saturated heterocycles. The normalized spacial score (nSPS) is 9.69. The smallest absolute Gasteiger partial charge is 0.186 e. The summed E-state index contributed by atoms with van der Waals surface area (Å²) in [6, 6.07) is 2.56. The fourth-order valence-electron chi connectivity index (χ4n) is 1.21. The molecule has 1 aromatic rings. The zero-order valence-electron chi connectivity index (χ0n) is 9.01. The van der Waals surface area contributed by atoms with Gasteiger partial charge in [-0.3, -0.25) is 0 Å². The molecule has 0 heterocycles. The Kier molecular flexibility index (Phi) is 4.06. The number of benzene rings is 1. The Hall–Kier alpha value is -1.83. The van der Waals surface area contributed by atoms with Gasteiger partial charge in [-0.15, -0.1) is 0 Å². The predicted molar refractivity (Wildman–Crippen MR) is 53.4 cm³/mol. The second-order valence-corrected chi connectivity index (χ2v) is 2.85.